The van der Waals surface area contributed by atoms with Crippen molar-refractivity contribution in [2.75, 3.05) is 0 Å². The Morgan fingerprint density at radius 1 is 0.322 bits per heavy atom. The molecule has 0 heterocycles. The van der Waals surface area contributed by atoms with Gasteiger partial charge >= 0.3 is 0 Å². The first kappa shape index (κ1) is 36.8. The zero-order valence-electron chi connectivity index (χ0n) is 33.7. The lowest BCUT2D eigenvalue weighted by Gasteiger charge is -2.22. The van der Waals surface area contributed by atoms with Gasteiger partial charge in [0.1, 0.15) is 0 Å². The SMILES string of the molecule is CC1=Cc2c(ccc(-c3ccccc3)c2-c2ccccc2-c2ccccc2)C1C[Si]CC1C(C)=Cc2c1ccc(-c1ccccc1)c2-c1ccccc1-c1ccccc1. The summed E-state index contributed by atoms with van der Waals surface area (Å²) in [5, 5.41) is 0. The van der Waals surface area contributed by atoms with E-state index in [-0.39, 0.29) is 0 Å². The molecule has 59 heavy (non-hydrogen) atoms. The van der Waals surface area contributed by atoms with Gasteiger partial charge in [-0.15, -0.1) is 0 Å². The van der Waals surface area contributed by atoms with Crippen LogP contribution in [0.15, 0.2) is 205 Å². The lowest BCUT2D eigenvalue weighted by Crippen LogP contribution is -2.07. The summed E-state index contributed by atoms with van der Waals surface area (Å²) in [5.41, 5.74) is 24.1. The Bertz CT molecular complexity index is 2650. The van der Waals surface area contributed by atoms with Gasteiger partial charge in [0.05, 0.1) is 0 Å². The molecule has 0 aliphatic heterocycles. The molecule has 0 saturated carbocycles. The van der Waals surface area contributed by atoms with Gasteiger partial charge in [-0.05, 0) is 103 Å². The van der Waals surface area contributed by atoms with Crippen LogP contribution in [0, 0.1) is 0 Å². The van der Waals surface area contributed by atoms with Crippen molar-refractivity contribution in [2.24, 2.45) is 0 Å². The highest BCUT2D eigenvalue weighted by Crippen LogP contribution is 2.51. The predicted octanol–water partition coefficient (Wildman–Crippen LogP) is 15.9. The van der Waals surface area contributed by atoms with Crippen LogP contribution in [-0.4, -0.2) is 9.52 Å². The van der Waals surface area contributed by atoms with E-state index in [0.29, 0.717) is 11.8 Å². The highest BCUT2D eigenvalue weighted by atomic mass is 28.2. The van der Waals surface area contributed by atoms with Crippen LogP contribution >= 0.6 is 0 Å². The molecule has 1 heteroatoms. The molecule has 0 nitrogen and oxygen atoms in total. The van der Waals surface area contributed by atoms with E-state index in [1.807, 2.05) is 0 Å². The molecule has 0 spiro atoms. The lowest BCUT2D eigenvalue weighted by molar-refractivity contribution is 0.876. The third-order valence-electron chi connectivity index (χ3n) is 12.6. The van der Waals surface area contributed by atoms with E-state index in [4.69, 9.17) is 0 Å². The van der Waals surface area contributed by atoms with Crippen molar-refractivity contribution in [2.45, 2.75) is 37.8 Å². The van der Waals surface area contributed by atoms with Crippen LogP contribution in [-0.2, 0) is 0 Å². The van der Waals surface area contributed by atoms with E-state index in [1.165, 1.54) is 100 Å². The van der Waals surface area contributed by atoms with Gasteiger partial charge in [-0.25, -0.2) is 0 Å². The highest BCUT2D eigenvalue weighted by molar-refractivity contribution is 6.36. The largest absolute Gasteiger partial charge is 0.0655 e. The van der Waals surface area contributed by atoms with E-state index in [2.05, 4.69) is 220 Å². The summed E-state index contributed by atoms with van der Waals surface area (Å²) in [5.74, 6) is 0.824. The van der Waals surface area contributed by atoms with Crippen LogP contribution in [0.4, 0.5) is 0 Å². The quantitative estimate of drug-likeness (QED) is 0.122. The summed E-state index contributed by atoms with van der Waals surface area (Å²) >= 11 is 0. The van der Waals surface area contributed by atoms with Crippen LogP contribution in [0.2, 0.25) is 12.1 Å². The van der Waals surface area contributed by atoms with Crippen molar-refractivity contribution in [3.8, 4) is 66.8 Å². The van der Waals surface area contributed by atoms with E-state index >= 15 is 0 Å². The van der Waals surface area contributed by atoms with E-state index in [9.17, 15) is 0 Å². The van der Waals surface area contributed by atoms with Crippen molar-refractivity contribution in [1.29, 1.82) is 0 Å². The van der Waals surface area contributed by atoms with Crippen LogP contribution in [0.1, 0.15) is 47.9 Å². The summed E-state index contributed by atoms with van der Waals surface area (Å²) in [7, 11) is 0.832. The number of fused-ring (bicyclic) bond motifs is 2. The fraction of sp³-hybridized carbons (Fsp3) is 0.103. The van der Waals surface area contributed by atoms with Crippen LogP contribution in [0.25, 0.3) is 78.9 Å². The second kappa shape index (κ2) is 16.0. The minimum absolute atomic E-state index is 0.412. The molecule has 0 amide bonds. The van der Waals surface area contributed by atoms with Gasteiger partial charge in [-0.3, -0.25) is 0 Å². The third-order valence-corrected chi connectivity index (χ3v) is 14.0. The maximum Gasteiger partial charge on any atom is 0.0397 e. The molecule has 282 valence electrons. The van der Waals surface area contributed by atoms with Crippen molar-refractivity contribution in [3.05, 3.63) is 228 Å². The summed E-state index contributed by atoms with van der Waals surface area (Å²) < 4.78 is 0. The fourth-order valence-electron chi connectivity index (χ4n) is 9.69. The minimum atomic E-state index is 0.412. The Morgan fingerprint density at radius 2 is 0.627 bits per heavy atom. The molecule has 2 unspecified atom stereocenters. The third kappa shape index (κ3) is 6.86. The van der Waals surface area contributed by atoms with Crippen molar-refractivity contribution in [3.63, 3.8) is 0 Å². The Morgan fingerprint density at radius 3 is 0.983 bits per heavy atom. The molecule has 2 aliphatic rings. The van der Waals surface area contributed by atoms with Crippen molar-refractivity contribution >= 4 is 21.7 Å². The summed E-state index contributed by atoms with van der Waals surface area (Å²) in [6.07, 6.45) is 5.01. The zero-order valence-corrected chi connectivity index (χ0v) is 34.7. The number of allylic oxidation sites excluding steroid dienone is 2. The average Bonchev–Trinajstić information content (AvgIpc) is 3.80. The van der Waals surface area contributed by atoms with E-state index in [0.717, 1.165) is 21.6 Å². The normalized spacial score (nSPS) is 15.4. The van der Waals surface area contributed by atoms with Gasteiger partial charge in [0.25, 0.3) is 0 Å². The Labute approximate surface area is 352 Å². The maximum absolute atomic E-state index is 2.51. The zero-order chi connectivity index (χ0) is 39.7. The molecule has 0 saturated heterocycles. The fourth-order valence-corrected chi connectivity index (χ4v) is 11.5. The van der Waals surface area contributed by atoms with Gasteiger partial charge in [-0.1, -0.05) is 230 Å². The summed E-state index contributed by atoms with van der Waals surface area (Å²) in [6, 6.07) is 73.6. The summed E-state index contributed by atoms with van der Waals surface area (Å²) in [4.78, 5) is 0. The standard InChI is InChI=1S/C58H46Si/c1-39-35-53-49(33-31-47(43-23-11-5-12-24-43)57(53)51-29-17-15-27-45(51)41-19-7-3-8-20-41)55(39)37-59-38-56-40(2)36-54-50(56)34-32-48(44-25-13-6-14-26-44)58(54)52-30-18-16-28-46(52)42-21-9-4-10-22-42/h3-36,55-56H,37-38H2,1-2H3. The van der Waals surface area contributed by atoms with Gasteiger partial charge < -0.3 is 0 Å². The van der Waals surface area contributed by atoms with E-state index in [1.54, 1.807) is 0 Å². The van der Waals surface area contributed by atoms with Crippen molar-refractivity contribution in [1.82, 2.24) is 0 Å². The van der Waals surface area contributed by atoms with Crippen molar-refractivity contribution < 1.29 is 0 Å². The van der Waals surface area contributed by atoms with Gasteiger partial charge in [0.15, 0.2) is 0 Å². The molecular weight excluding hydrogens is 725 g/mol. The Hall–Kier alpha value is -6.54. The predicted molar refractivity (Wildman–Crippen MR) is 254 cm³/mol. The monoisotopic (exact) mass is 770 g/mol. The molecule has 0 aromatic heterocycles. The number of hydrogen-bond donors (Lipinski definition) is 0. The van der Waals surface area contributed by atoms with Crippen LogP contribution < -0.4 is 0 Å². The molecule has 2 atom stereocenters. The molecule has 0 N–H and O–H groups in total. The molecular formula is C58H46Si. The molecule has 2 radical (unpaired) electrons. The Kier molecular flexibility index (Phi) is 9.98. The highest BCUT2D eigenvalue weighted by Gasteiger charge is 2.31. The first-order valence-corrected chi connectivity index (χ1v) is 22.4. The number of benzene rings is 8. The van der Waals surface area contributed by atoms with Gasteiger partial charge in [0.2, 0.25) is 0 Å². The summed E-state index contributed by atoms with van der Waals surface area (Å²) in [6.45, 7) is 4.73. The molecule has 2 aliphatic carbocycles. The van der Waals surface area contributed by atoms with Crippen LogP contribution in [0.3, 0.4) is 0 Å². The second-order valence-corrected chi connectivity index (χ2v) is 17.4. The molecule has 8 aromatic rings. The lowest BCUT2D eigenvalue weighted by atomic mass is 9.84. The Balaban J connectivity index is 0.997. The molecule has 8 aromatic carbocycles. The number of hydrogen-bond acceptors (Lipinski definition) is 0. The van der Waals surface area contributed by atoms with E-state index < -0.39 is 0 Å². The second-order valence-electron chi connectivity index (χ2n) is 16.1. The average molecular weight is 771 g/mol. The van der Waals surface area contributed by atoms with Gasteiger partial charge in [-0.2, -0.15) is 0 Å². The maximum atomic E-state index is 2.51. The minimum Gasteiger partial charge on any atom is -0.0655 e. The first-order valence-electron chi connectivity index (χ1n) is 21.0. The molecule has 10 rings (SSSR count). The number of rotatable bonds is 10. The van der Waals surface area contributed by atoms with Crippen LogP contribution in [0.5, 0.6) is 0 Å². The van der Waals surface area contributed by atoms with Gasteiger partial charge in [0, 0.05) is 21.4 Å². The molecule has 0 fully saturated rings. The molecule has 0 bridgehead atoms. The first-order chi connectivity index (χ1) is 29.1. The topological polar surface area (TPSA) is 0 Å². The smallest absolute Gasteiger partial charge is 0.0397 e.